The van der Waals surface area contributed by atoms with E-state index in [2.05, 4.69) is 45.3 Å². The van der Waals surface area contributed by atoms with E-state index in [1.165, 1.54) is 11.3 Å². The Hall–Kier alpha value is -1.40. The smallest absolute Gasteiger partial charge is 0.358 e. The number of carbonyl (C=O) groups excluding carboxylic acids is 1. The van der Waals surface area contributed by atoms with Gasteiger partial charge in [0.05, 0.1) is 12.6 Å². The first kappa shape index (κ1) is 16.0. The molecule has 1 N–H and O–H groups in total. The van der Waals surface area contributed by atoms with Gasteiger partial charge in [-0.3, -0.25) is 0 Å². The molecule has 1 heterocycles. The summed E-state index contributed by atoms with van der Waals surface area (Å²) >= 11 is 4.93. The highest BCUT2D eigenvalue weighted by Crippen LogP contribution is 2.27. The van der Waals surface area contributed by atoms with Crippen molar-refractivity contribution in [1.29, 1.82) is 0 Å². The van der Waals surface area contributed by atoms with Crippen LogP contribution in [0.4, 0.5) is 5.13 Å². The molecule has 0 spiro atoms. The van der Waals surface area contributed by atoms with Gasteiger partial charge in [0.1, 0.15) is 0 Å². The lowest BCUT2D eigenvalue weighted by Gasteiger charge is -2.13. The molecule has 1 atom stereocenters. The molecule has 0 fully saturated rings. The number of nitrogens with zero attached hydrogens (tertiary/aromatic N) is 1. The van der Waals surface area contributed by atoms with Crippen molar-refractivity contribution in [1.82, 2.24) is 4.98 Å². The molecule has 0 saturated carbocycles. The van der Waals surface area contributed by atoms with Crippen molar-refractivity contribution in [3.8, 4) is 0 Å². The fourth-order valence-electron chi connectivity index (χ4n) is 1.89. The van der Waals surface area contributed by atoms with E-state index in [9.17, 15) is 4.79 Å². The number of ether oxygens (including phenoxy) is 1. The van der Waals surface area contributed by atoms with Crippen LogP contribution in [0.2, 0.25) is 0 Å². The van der Waals surface area contributed by atoms with Crippen LogP contribution in [0.1, 0.15) is 40.8 Å². The molecule has 0 radical (unpaired) electrons. The molecule has 0 aliphatic carbocycles. The number of aryl methyl sites for hydroxylation is 1. The van der Waals surface area contributed by atoms with Gasteiger partial charge in [0.2, 0.25) is 0 Å². The monoisotopic (exact) mass is 368 g/mol. The Bertz CT molecular complexity index is 642. The first-order valence-electron chi connectivity index (χ1n) is 6.67. The topological polar surface area (TPSA) is 51.2 Å². The molecule has 0 saturated heterocycles. The number of rotatable bonds is 5. The number of hydrogen-bond acceptors (Lipinski definition) is 5. The molecule has 0 aliphatic rings. The lowest BCUT2D eigenvalue weighted by Crippen LogP contribution is -2.08. The van der Waals surface area contributed by atoms with Gasteiger partial charge in [-0.15, -0.1) is 11.3 Å². The van der Waals surface area contributed by atoms with Crippen molar-refractivity contribution in [3.63, 3.8) is 0 Å². The average Bonchev–Trinajstić information content (AvgIpc) is 2.80. The number of nitrogens with one attached hydrogen (secondary N) is 1. The van der Waals surface area contributed by atoms with Crippen LogP contribution in [0.5, 0.6) is 0 Å². The van der Waals surface area contributed by atoms with Crippen LogP contribution >= 0.6 is 27.3 Å². The van der Waals surface area contributed by atoms with Crippen LogP contribution < -0.4 is 5.32 Å². The fourth-order valence-corrected chi connectivity index (χ4v) is 3.20. The van der Waals surface area contributed by atoms with Crippen molar-refractivity contribution in [2.45, 2.75) is 26.8 Å². The second kappa shape index (κ2) is 7.04. The van der Waals surface area contributed by atoms with E-state index < -0.39 is 0 Å². The van der Waals surface area contributed by atoms with E-state index in [0.717, 1.165) is 20.0 Å². The summed E-state index contributed by atoms with van der Waals surface area (Å²) in [6.45, 7) is 6.07. The van der Waals surface area contributed by atoms with Crippen molar-refractivity contribution in [2.24, 2.45) is 0 Å². The SMILES string of the molecule is CCOC(=O)c1nc(NC(C)c2cccc(Br)c2)sc1C. The van der Waals surface area contributed by atoms with Crippen LogP contribution in [-0.2, 0) is 4.74 Å². The molecule has 1 unspecified atom stereocenters. The quantitative estimate of drug-likeness (QED) is 0.785. The maximum Gasteiger partial charge on any atom is 0.358 e. The number of thiazole rings is 1. The third-order valence-electron chi connectivity index (χ3n) is 2.95. The molecule has 6 heteroatoms. The van der Waals surface area contributed by atoms with Crippen molar-refractivity contribution in [2.75, 3.05) is 11.9 Å². The number of carbonyl (C=O) groups is 1. The molecule has 1 aromatic heterocycles. The number of aromatic nitrogens is 1. The molecule has 0 aliphatic heterocycles. The number of halogens is 1. The van der Waals surface area contributed by atoms with E-state index in [1.54, 1.807) is 6.92 Å². The zero-order chi connectivity index (χ0) is 15.4. The number of benzene rings is 1. The Labute approximate surface area is 136 Å². The van der Waals surface area contributed by atoms with Gasteiger partial charge in [0.15, 0.2) is 10.8 Å². The van der Waals surface area contributed by atoms with E-state index in [0.29, 0.717) is 12.3 Å². The molecule has 112 valence electrons. The maximum atomic E-state index is 11.8. The molecular formula is C15H17BrN2O2S. The lowest BCUT2D eigenvalue weighted by molar-refractivity contribution is 0.0519. The zero-order valence-corrected chi connectivity index (χ0v) is 14.5. The normalized spacial score (nSPS) is 12.0. The summed E-state index contributed by atoms with van der Waals surface area (Å²) in [6.07, 6.45) is 0. The fraction of sp³-hybridized carbons (Fsp3) is 0.333. The lowest BCUT2D eigenvalue weighted by atomic mass is 10.1. The van der Waals surface area contributed by atoms with E-state index in [4.69, 9.17) is 4.74 Å². The van der Waals surface area contributed by atoms with Crippen LogP contribution in [0.15, 0.2) is 28.7 Å². The highest BCUT2D eigenvalue weighted by atomic mass is 79.9. The van der Waals surface area contributed by atoms with Crippen LogP contribution in [0.25, 0.3) is 0 Å². The van der Waals surface area contributed by atoms with Crippen molar-refractivity contribution >= 4 is 38.4 Å². The van der Waals surface area contributed by atoms with Gasteiger partial charge in [-0.1, -0.05) is 28.1 Å². The van der Waals surface area contributed by atoms with E-state index in [1.807, 2.05) is 19.1 Å². The minimum Gasteiger partial charge on any atom is -0.461 e. The predicted molar refractivity (Wildman–Crippen MR) is 89.0 cm³/mol. The summed E-state index contributed by atoms with van der Waals surface area (Å²) < 4.78 is 6.04. The van der Waals surface area contributed by atoms with Crippen LogP contribution in [0.3, 0.4) is 0 Å². The second-order valence-electron chi connectivity index (χ2n) is 4.57. The predicted octanol–water partition coefficient (Wildman–Crippen LogP) is 4.56. The highest BCUT2D eigenvalue weighted by Gasteiger charge is 2.17. The Morgan fingerprint density at radius 1 is 1.52 bits per heavy atom. The molecule has 0 bridgehead atoms. The molecular weight excluding hydrogens is 352 g/mol. The number of hydrogen-bond donors (Lipinski definition) is 1. The van der Waals surface area contributed by atoms with E-state index in [-0.39, 0.29) is 12.0 Å². The Balaban J connectivity index is 2.13. The first-order chi connectivity index (χ1) is 10.0. The summed E-state index contributed by atoms with van der Waals surface area (Å²) in [5.74, 6) is -0.366. The maximum absolute atomic E-state index is 11.8. The zero-order valence-electron chi connectivity index (χ0n) is 12.1. The van der Waals surface area contributed by atoms with Crippen molar-refractivity contribution < 1.29 is 9.53 Å². The summed E-state index contributed by atoms with van der Waals surface area (Å²) in [7, 11) is 0. The van der Waals surface area contributed by atoms with E-state index >= 15 is 0 Å². The molecule has 1 aromatic carbocycles. The highest BCUT2D eigenvalue weighted by molar-refractivity contribution is 9.10. The van der Waals surface area contributed by atoms with Gasteiger partial charge >= 0.3 is 5.97 Å². The third kappa shape index (κ3) is 4.04. The van der Waals surface area contributed by atoms with Crippen LogP contribution in [-0.4, -0.2) is 17.6 Å². The molecule has 4 nitrogen and oxygen atoms in total. The van der Waals surface area contributed by atoms with Gasteiger partial charge in [-0.05, 0) is 38.5 Å². The van der Waals surface area contributed by atoms with Gasteiger partial charge in [0.25, 0.3) is 0 Å². The Kier molecular flexibility index (Phi) is 5.36. The van der Waals surface area contributed by atoms with Crippen molar-refractivity contribution in [3.05, 3.63) is 44.9 Å². The van der Waals surface area contributed by atoms with Gasteiger partial charge in [-0.25, -0.2) is 9.78 Å². The molecule has 0 amide bonds. The largest absolute Gasteiger partial charge is 0.461 e. The Morgan fingerprint density at radius 2 is 2.29 bits per heavy atom. The summed E-state index contributed by atoms with van der Waals surface area (Å²) in [6, 6.07) is 8.19. The number of esters is 1. The minimum atomic E-state index is -0.366. The average molecular weight is 369 g/mol. The standard InChI is InChI=1S/C15H17BrN2O2S/c1-4-20-14(19)13-10(3)21-15(18-13)17-9(2)11-6-5-7-12(16)8-11/h5-9H,4H2,1-3H3,(H,17,18). The third-order valence-corrected chi connectivity index (χ3v) is 4.35. The molecule has 21 heavy (non-hydrogen) atoms. The van der Waals surface area contributed by atoms with Crippen LogP contribution in [0, 0.1) is 6.92 Å². The van der Waals surface area contributed by atoms with Gasteiger partial charge in [0, 0.05) is 9.35 Å². The summed E-state index contributed by atoms with van der Waals surface area (Å²) in [5, 5.41) is 4.05. The van der Waals surface area contributed by atoms with Gasteiger partial charge in [-0.2, -0.15) is 0 Å². The first-order valence-corrected chi connectivity index (χ1v) is 8.28. The second-order valence-corrected chi connectivity index (χ2v) is 6.68. The minimum absolute atomic E-state index is 0.100. The molecule has 2 rings (SSSR count). The molecule has 2 aromatic rings. The van der Waals surface area contributed by atoms with Gasteiger partial charge < -0.3 is 10.1 Å². The Morgan fingerprint density at radius 3 is 2.95 bits per heavy atom. The summed E-state index contributed by atoms with van der Waals surface area (Å²) in [4.78, 5) is 17.0. The summed E-state index contributed by atoms with van der Waals surface area (Å²) in [5.41, 5.74) is 1.54. The number of anilines is 1.